The van der Waals surface area contributed by atoms with Gasteiger partial charge in [0.1, 0.15) is 11.9 Å². The molecule has 4 nitrogen and oxygen atoms in total. The van der Waals surface area contributed by atoms with Crippen LogP contribution in [0.2, 0.25) is 5.02 Å². The van der Waals surface area contributed by atoms with Gasteiger partial charge in [-0.3, -0.25) is 9.59 Å². The third-order valence-electron chi connectivity index (χ3n) is 4.92. The normalized spacial score (nSPS) is 11.7. The van der Waals surface area contributed by atoms with E-state index >= 15 is 0 Å². The van der Waals surface area contributed by atoms with Crippen molar-refractivity contribution in [3.63, 3.8) is 0 Å². The summed E-state index contributed by atoms with van der Waals surface area (Å²) < 4.78 is 13.9. The lowest BCUT2D eigenvalue weighted by molar-refractivity contribution is -0.139. The molecule has 2 rings (SSSR count). The molecule has 2 aromatic carbocycles. The number of nitrogens with zero attached hydrogens (tertiary/aromatic N) is 1. The third kappa shape index (κ3) is 8.19. The standard InChI is InChI=1S/C24H30ClFN2O2S/c1-3-5-14-27-24(30)22(4-2)28(15-18-10-12-20(25)13-11-18)23(29)17-31-16-19-8-6-7-9-21(19)26/h6-13,22H,3-5,14-17H2,1-2H3,(H,27,30)/t22-/m0/s1. The SMILES string of the molecule is CCCCNC(=O)[C@H](CC)N(Cc1ccc(Cl)cc1)C(=O)CSCc1ccccc1F. The van der Waals surface area contributed by atoms with Gasteiger partial charge in [0, 0.05) is 23.9 Å². The van der Waals surface area contributed by atoms with Crippen molar-refractivity contribution in [2.45, 2.75) is 51.4 Å². The number of thioether (sulfide) groups is 1. The third-order valence-corrected chi connectivity index (χ3v) is 6.14. The Hall–Kier alpha value is -2.05. The van der Waals surface area contributed by atoms with Crippen LogP contribution in [0.25, 0.3) is 0 Å². The molecule has 31 heavy (non-hydrogen) atoms. The molecule has 0 aromatic heterocycles. The molecule has 0 saturated carbocycles. The summed E-state index contributed by atoms with van der Waals surface area (Å²) in [6, 6.07) is 13.3. The molecule has 1 atom stereocenters. The lowest BCUT2D eigenvalue weighted by atomic mass is 10.1. The predicted molar refractivity (Wildman–Crippen MR) is 127 cm³/mol. The topological polar surface area (TPSA) is 49.4 Å². The van der Waals surface area contributed by atoms with Gasteiger partial charge in [0.25, 0.3) is 0 Å². The quantitative estimate of drug-likeness (QED) is 0.426. The highest BCUT2D eigenvalue weighted by molar-refractivity contribution is 7.99. The first-order valence-corrected chi connectivity index (χ1v) is 12.1. The van der Waals surface area contributed by atoms with Crippen LogP contribution in [-0.4, -0.2) is 35.1 Å². The zero-order valence-corrected chi connectivity index (χ0v) is 19.6. The van der Waals surface area contributed by atoms with Gasteiger partial charge in [-0.25, -0.2) is 4.39 Å². The van der Waals surface area contributed by atoms with E-state index in [2.05, 4.69) is 12.2 Å². The maximum absolute atomic E-state index is 13.9. The summed E-state index contributed by atoms with van der Waals surface area (Å²) in [5.74, 6) is 0.00114. The molecule has 0 aliphatic rings. The molecule has 2 aromatic rings. The lowest BCUT2D eigenvalue weighted by Crippen LogP contribution is -2.49. The van der Waals surface area contributed by atoms with Gasteiger partial charge in [0.05, 0.1) is 5.75 Å². The minimum absolute atomic E-state index is 0.141. The summed E-state index contributed by atoms with van der Waals surface area (Å²) in [6.45, 7) is 4.87. The van der Waals surface area contributed by atoms with Crippen LogP contribution in [0, 0.1) is 5.82 Å². The fraction of sp³-hybridized carbons (Fsp3) is 0.417. The van der Waals surface area contributed by atoms with Gasteiger partial charge < -0.3 is 10.2 Å². The Kier molecular flexibility index (Phi) is 10.9. The molecule has 0 radical (unpaired) electrons. The highest BCUT2D eigenvalue weighted by Gasteiger charge is 2.28. The van der Waals surface area contributed by atoms with Gasteiger partial charge >= 0.3 is 0 Å². The van der Waals surface area contributed by atoms with Crippen LogP contribution in [0.1, 0.15) is 44.2 Å². The van der Waals surface area contributed by atoms with Crippen LogP contribution in [0.4, 0.5) is 4.39 Å². The summed E-state index contributed by atoms with van der Waals surface area (Å²) in [5, 5.41) is 3.56. The number of carbonyl (C=O) groups is 2. The molecule has 0 aliphatic heterocycles. The van der Waals surface area contributed by atoms with Crippen molar-refractivity contribution in [1.82, 2.24) is 10.2 Å². The highest BCUT2D eigenvalue weighted by Crippen LogP contribution is 2.19. The Labute approximate surface area is 193 Å². The molecular formula is C24H30ClFN2O2S. The second-order valence-corrected chi connectivity index (χ2v) is 8.72. The molecule has 7 heteroatoms. The van der Waals surface area contributed by atoms with Crippen molar-refractivity contribution >= 4 is 35.2 Å². The highest BCUT2D eigenvalue weighted by atomic mass is 35.5. The van der Waals surface area contributed by atoms with E-state index in [9.17, 15) is 14.0 Å². The van der Waals surface area contributed by atoms with Crippen LogP contribution in [0.3, 0.4) is 0 Å². The zero-order valence-electron chi connectivity index (χ0n) is 18.1. The van der Waals surface area contributed by atoms with E-state index in [1.54, 1.807) is 35.2 Å². The molecule has 2 amide bonds. The maximum Gasteiger partial charge on any atom is 0.242 e. The Balaban J connectivity index is 2.10. The lowest BCUT2D eigenvalue weighted by Gasteiger charge is -2.30. The van der Waals surface area contributed by atoms with E-state index in [1.807, 2.05) is 19.1 Å². The molecule has 0 fully saturated rings. The number of nitrogens with one attached hydrogen (secondary N) is 1. The van der Waals surface area contributed by atoms with Gasteiger partial charge in [0.15, 0.2) is 0 Å². The molecule has 0 aliphatic carbocycles. The smallest absolute Gasteiger partial charge is 0.242 e. The van der Waals surface area contributed by atoms with E-state index in [-0.39, 0.29) is 23.4 Å². The van der Waals surface area contributed by atoms with Gasteiger partial charge in [-0.2, -0.15) is 0 Å². The molecule has 0 unspecified atom stereocenters. The molecule has 0 spiro atoms. The number of unbranched alkanes of at least 4 members (excludes halogenated alkanes) is 1. The Morgan fingerprint density at radius 3 is 2.48 bits per heavy atom. The van der Waals surface area contributed by atoms with E-state index in [0.29, 0.717) is 35.8 Å². The number of amides is 2. The van der Waals surface area contributed by atoms with Crippen molar-refractivity contribution in [3.8, 4) is 0 Å². The summed E-state index contributed by atoms with van der Waals surface area (Å²) in [7, 11) is 0. The minimum atomic E-state index is -0.561. The summed E-state index contributed by atoms with van der Waals surface area (Å²) in [5.41, 5.74) is 1.46. The van der Waals surface area contributed by atoms with E-state index < -0.39 is 6.04 Å². The van der Waals surface area contributed by atoms with Gasteiger partial charge in [0.2, 0.25) is 11.8 Å². The van der Waals surface area contributed by atoms with Crippen molar-refractivity contribution in [2.75, 3.05) is 12.3 Å². The largest absolute Gasteiger partial charge is 0.354 e. The average molecular weight is 465 g/mol. The van der Waals surface area contributed by atoms with E-state index in [0.717, 1.165) is 18.4 Å². The maximum atomic E-state index is 13.9. The zero-order chi connectivity index (χ0) is 22.6. The van der Waals surface area contributed by atoms with Crippen LogP contribution < -0.4 is 5.32 Å². The summed E-state index contributed by atoms with van der Waals surface area (Å²) in [4.78, 5) is 27.6. The van der Waals surface area contributed by atoms with E-state index in [4.69, 9.17) is 11.6 Å². The van der Waals surface area contributed by atoms with Crippen molar-refractivity contribution < 1.29 is 14.0 Å². The van der Waals surface area contributed by atoms with E-state index in [1.165, 1.54) is 17.8 Å². The molecule has 1 N–H and O–H groups in total. The van der Waals surface area contributed by atoms with Gasteiger partial charge in [-0.15, -0.1) is 11.8 Å². The second kappa shape index (κ2) is 13.4. The number of hydrogen-bond donors (Lipinski definition) is 1. The Morgan fingerprint density at radius 1 is 1.13 bits per heavy atom. The summed E-state index contributed by atoms with van der Waals surface area (Å²) in [6.07, 6.45) is 2.39. The number of benzene rings is 2. The number of carbonyl (C=O) groups excluding carboxylic acids is 2. The number of halogens is 2. The molecule has 0 heterocycles. The Morgan fingerprint density at radius 2 is 1.84 bits per heavy atom. The number of hydrogen-bond acceptors (Lipinski definition) is 3. The minimum Gasteiger partial charge on any atom is -0.354 e. The van der Waals surface area contributed by atoms with Crippen LogP contribution in [0.15, 0.2) is 48.5 Å². The second-order valence-electron chi connectivity index (χ2n) is 7.30. The Bertz CT molecular complexity index is 848. The summed E-state index contributed by atoms with van der Waals surface area (Å²) >= 11 is 7.33. The molecule has 0 bridgehead atoms. The van der Waals surface area contributed by atoms with Crippen LogP contribution in [-0.2, 0) is 21.9 Å². The fourth-order valence-corrected chi connectivity index (χ4v) is 4.18. The van der Waals surface area contributed by atoms with Crippen molar-refractivity contribution in [2.24, 2.45) is 0 Å². The fourth-order valence-electron chi connectivity index (χ4n) is 3.16. The first-order chi connectivity index (χ1) is 15.0. The molecule has 0 saturated heterocycles. The van der Waals surface area contributed by atoms with Gasteiger partial charge in [-0.05, 0) is 42.2 Å². The van der Waals surface area contributed by atoms with Crippen molar-refractivity contribution in [1.29, 1.82) is 0 Å². The molecular weight excluding hydrogens is 435 g/mol. The number of rotatable bonds is 12. The molecule has 168 valence electrons. The average Bonchev–Trinajstić information content (AvgIpc) is 2.76. The van der Waals surface area contributed by atoms with Crippen LogP contribution in [0.5, 0.6) is 0 Å². The first kappa shape index (κ1) is 25.2. The monoisotopic (exact) mass is 464 g/mol. The van der Waals surface area contributed by atoms with Gasteiger partial charge in [-0.1, -0.05) is 62.2 Å². The van der Waals surface area contributed by atoms with Crippen LogP contribution >= 0.6 is 23.4 Å². The van der Waals surface area contributed by atoms with Crippen molar-refractivity contribution in [3.05, 3.63) is 70.5 Å². The predicted octanol–water partition coefficient (Wildman–Crippen LogP) is 5.44. The first-order valence-electron chi connectivity index (χ1n) is 10.6.